The highest BCUT2D eigenvalue weighted by molar-refractivity contribution is 5.06. The number of nitrogens with two attached hydrogens (primary N) is 3. The minimum atomic E-state index is 0.162. The van der Waals surface area contributed by atoms with Crippen LogP contribution in [0.25, 0.3) is 0 Å². The van der Waals surface area contributed by atoms with Gasteiger partial charge < -0.3 is 22.3 Å². The summed E-state index contributed by atoms with van der Waals surface area (Å²) in [6, 6.07) is 0.834. The van der Waals surface area contributed by atoms with Gasteiger partial charge in [-0.3, -0.25) is 0 Å². The molecule has 10 atom stereocenters. The largest absolute Gasteiger partial charge is 0.396 e. The number of rotatable bonds is 4. The molecule has 29 heavy (non-hydrogen) atoms. The Labute approximate surface area is 179 Å². The first-order valence-corrected chi connectivity index (χ1v) is 12.5. The summed E-state index contributed by atoms with van der Waals surface area (Å²) in [5.41, 5.74) is 20.8. The van der Waals surface area contributed by atoms with Crippen molar-refractivity contribution < 1.29 is 5.11 Å². The van der Waals surface area contributed by atoms with Crippen molar-refractivity contribution >= 4 is 0 Å². The molecule has 7 N–H and O–H groups in total. The van der Waals surface area contributed by atoms with Gasteiger partial charge in [0.1, 0.15) is 0 Å². The van der Waals surface area contributed by atoms with Crippen LogP contribution in [0.4, 0.5) is 0 Å². The van der Waals surface area contributed by atoms with Gasteiger partial charge in [-0.05, 0) is 105 Å². The van der Waals surface area contributed by atoms with E-state index in [1.807, 2.05) is 0 Å². The van der Waals surface area contributed by atoms with Crippen LogP contribution in [-0.4, -0.2) is 29.8 Å². The molecule has 0 saturated heterocycles. The molecule has 4 nitrogen and oxygen atoms in total. The van der Waals surface area contributed by atoms with Crippen LogP contribution in [0.2, 0.25) is 0 Å². The van der Waals surface area contributed by atoms with Gasteiger partial charge in [0.05, 0.1) is 0 Å². The quantitative estimate of drug-likeness (QED) is 0.565. The minimum Gasteiger partial charge on any atom is -0.396 e. The van der Waals surface area contributed by atoms with Crippen molar-refractivity contribution in [2.45, 2.75) is 110 Å². The molecule has 3 aliphatic carbocycles. The predicted molar refractivity (Wildman–Crippen MR) is 122 cm³/mol. The second kappa shape index (κ2) is 9.14. The molecular formula is C25H49N3O. The molecule has 0 amide bonds. The molecule has 0 bridgehead atoms. The highest BCUT2D eigenvalue weighted by Gasteiger charge is 2.54. The lowest BCUT2D eigenvalue weighted by atomic mass is 9.54. The summed E-state index contributed by atoms with van der Waals surface area (Å²) >= 11 is 0. The number of fused-ring (bicyclic) bond motifs is 2. The van der Waals surface area contributed by atoms with E-state index in [1.165, 1.54) is 19.3 Å². The summed E-state index contributed by atoms with van der Waals surface area (Å²) in [5.74, 6) is 3.13. The summed E-state index contributed by atoms with van der Waals surface area (Å²) in [6.45, 7) is 10.1. The van der Waals surface area contributed by atoms with E-state index in [4.69, 9.17) is 17.2 Å². The molecule has 0 aliphatic heterocycles. The van der Waals surface area contributed by atoms with Crippen LogP contribution in [0.5, 0.6) is 0 Å². The summed E-state index contributed by atoms with van der Waals surface area (Å²) < 4.78 is 0. The van der Waals surface area contributed by atoms with Crippen molar-refractivity contribution in [1.29, 1.82) is 0 Å². The number of aliphatic hydroxyl groups is 1. The van der Waals surface area contributed by atoms with Crippen LogP contribution >= 0.6 is 0 Å². The third kappa shape index (κ3) is 4.42. The van der Waals surface area contributed by atoms with Crippen LogP contribution in [-0.2, 0) is 0 Å². The van der Waals surface area contributed by atoms with Gasteiger partial charge in [0.25, 0.3) is 0 Å². The van der Waals surface area contributed by atoms with E-state index in [0.717, 1.165) is 44.9 Å². The zero-order valence-corrected chi connectivity index (χ0v) is 19.6. The molecule has 0 aromatic heterocycles. The van der Waals surface area contributed by atoms with Crippen molar-refractivity contribution in [1.82, 2.24) is 0 Å². The topological polar surface area (TPSA) is 98.3 Å². The SMILES string of the molecule is C[C@H](CCCO)C1CC[C@H]2C[C@H](N)CC3C[C@H](N)CCC3(C)[C@H](C)C[C@H](N)C12C. The van der Waals surface area contributed by atoms with E-state index in [0.29, 0.717) is 47.7 Å². The molecule has 0 aromatic carbocycles. The van der Waals surface area contributed by atoms with Gasteiger partial charge in [-0.15, -0.1) is 0 Å². The molecule has 0 heterocycles. The Morgan fingerprint density at radius 1 is 0.931 bits per heavy atom. The van der Waals surface area contributed by atoms with Crippen LogP contribution in [0.15, 0.2) is 0 Å². The molecule has 0 radical (unpaired) electrons. The van der Waals surface area contributed by atoms with E-state index in [-0.39, 0.29) is 17.5 Å². The number of hydrogen-bond acceptors (Lipinski definition) is 4. The molecule has 4 heteroatoms. The summed E-state index contributed by atoms with van der Waals surface area (Å²) in [5, 5.41) is 9.33. The summed E-state index contributed by atoms with van der Waals surface area (Å²) in [6.07, 6.45) is 11.4. The molecule has 3 saturated carbocycles. The Kier molecular flexibility index (Phi) is 7.41. The van der Waals surface area contributed by atoms with E-state index in [2.05, 4.69) is 27.7 Å². The van der Waals surface area contributed by atoms with Crippen LogP contribution in [0, 0.1) is 40.4 Å². The second-order valence-corrected chi connectivity index (χ2v) is 11.8. The van der Waals surface area contributed by atoms with Gasteiger partial charge in [0.15, 0.2) is 0 Å². The first kappa shape index (κ1) is 23.5. The lowest BCUT2D eigenvalue weighted by Crippen LogP contribution is -2.53. The van der Waals surface area contributed by atoms with Gasteiger partial charge in [0.2, 0.25) is 0 Å². The van der Waals surface area contributed by atoms with Crippen LogP contribution < -0.4 is 17.2 Å². The molecule has 4 unspecified atom stereocenters. The predicted octanol–water partition coefficient (Wildman–Crippen LogP) is 4.04. The number of aliphatic hydroxyl groups excluding tert-OH is 1. The van der Waals surface area contributed by atoms with E-state index >= 15 is 0 Å². The summed E-state index contributed by atoms with van der Waals surface area (Å²) in [7, 11) is 0. The average Bonchev–Trinajstić information content (AvgIpc) is 2.99. The minimum absolute atomic E-state index is 0.162. The van der Waals surface area contributed by atoms with E-state index in [9.17, 15) is 5.11 Å². The van der Waals surface area contributed by atoms with Gasteiger partial charge >= 0.3 is 0 Å². The fourth-order valence-corrected chi connectivity index (χ4v) is 7.97. The van der Waals surface area contributed by atoms with Gasteiger partial charge in [-0.2, -0.15) is 0 Å². The number of hydrogen-bond donors (Lipinski definition) is 4. The molecular weight excluding hydrogens is 358 g/mol. The molecule has 3 aliphatic rings. The molecule has 3 fully saturated rings. The smallest absolute Gasteiger partial charge is 0.0431 e. The van der Waals surface area contributed by atoms with Crippen LogP contribution in [0.3, 0.4) is 0 Å². The Bertz CT molecular complexity index is 542. The maximum atomic E-state index is 9.33. The Hall–Kier alpha value is -0.160. The first-order chi connectivity index (χ1) is 13.6. The lowest BCUT2D eigenvalue weighted by Gasteiger charge is -2.53. The van der Waals surface area contributed by atoms with Gasteiger partial charge in [-0.25, -0.2) is 0 Å². The highest BCUT2D eigenvalue weighted by Crippen LogP contribution is 2.58. The third-order valence-electron chi connectivity index (χ3n) is 10.3. The maximum absolute atomic E-state index is 9.33. The van der Waals surface area contributed by atoms with Crippen LogP contribution in [0.1, 0.15) is 91.9 Å². The van der Waals surface area contributed by atoms with E-state index < -0.39 is 0 Å². The molecule has 0 spiro atoms. The van der Waals surface area contributed by atoms with Crippen molar-refractivity contribution in [3.8, 4) is 0 Å². The fraction of sp³-hybridized carbons (Fsp3) is 1.00. The van der Waals surface area contributed by atoms with Crippen molar-refractivity contribution in [2.75, 3.05) is 6.61 Å². The maximum Gasteiger partial charge on any atom is 0.0431 e. The Morgan fingerprint density at radius 3 is 2.28 bits per heavy atom. The molecule has 3 rings (SSSR count). The lowest BCUT2D eigenvalue weighted by molar-refractivity contribution is -0.0113. The van der Waals surface area contributed by atoms with Crippen molar-refractivity contribution in [3.05, 3.63) is 0 Å². The standard InChI is InChI=1S/C25H49N3O/c1-16(6-5-11-29)22-8-7-18-13-21(27)15-19-14-20(26)9-10-24(19,3)17(2)12-23(28)25(18,22)4/h16-23,29H,5-15,26-28H2,1-4H3/t16-,17-,18+,19?,20-,21+,22?,23+,24?,25?/m1/s1. The second-order valence-electron chi connectivity index (χ2n) is 11.8. The van der Waals surface area contributed by atoms with E-state index in [1.54, 1.807) is 0 Å². The molecule has 0 aromatic rings. The zero-order valence-electron chi connectivity index (χ0n) is 19.6. The fourth-order valence-electron chi connectivity index (χ4n) is 7.97. The molecule has 170 valence electrons. The van der Waals surface area contributed by atoms with Gasteiger partial charge in [0, 0.05) is 24.7 Å². The first-order valence-electron chi connectivity index (χ1n) is 12.5. The normalized spacial score (nSPS) is 49.9. The Balaban J connectivity index is 1.88. The average molecular weight is 408 g/mol. The Morgan fingerprint density at radius 2 is 1.59 bits per heavy atom. The monoisotopic (exact) mass is 407 g/mol. The highest BCUT2D eigenvalue weighted by atomic mass is 16.2. The van der Waals surface area contributed by atoms with Gasteiger partial charge in [-0.1, -0.05) is 27.7 Å². The zero-order chi connectivity index (χ0) is 21.4. The van der Waals surface area contributed by atoms with Crippen molar-refractivity contribution in [3.63, 3.8) is 0 Å². The summed E-state index contributed by atoms with van der Waals surface area (Å²) in [4.78, 5) is 0. The third-order valence-corrected chi connectivity index (χ3v) is 10.3. The van der Waals surface area contributed by atoms with Crippen molar-refractivity contribution in [2.24, 2.45) is 57.6 Å².